The molecule has 0 heterocycles. The van der Waals surface area contributed by atoms with Gasteiger partial charge in [0, 0.05) is 12.2 Å². The molecule has 0 spiro atoms. The van der Waals surface area contributed by atoms with Crippen molar-refractivity contribution < 1.29 is 22.0 Å². The van der Waals surface area contributed by atoms with Crippen LogP contribution in [0, 0.1) is 25.5 Å². The summed E-state index contributed by atoms with van der Waals surface area (Å²) >= 11 is 0. The second-order valence-corrected chi connectivity index (χ2v) is 9.16. The van der Waals surface area contributed by atoms with Crippen molar-refractivity contribution in [3.8, 4) is 0 Å². The second kappa shape index (κ2) is 9.36. The van der Waals surface area contributed by atoms with Crippen molar-refractivity contribution in [1.82, 2.24) is 4.31 Å². The topological polar surface area (TPSA) is 66.5 Å². The Morgan fingerprint density at radius 2 is 1.52 bits per heavy atom. The van der Waals surface area contributed by atoms with Crippen LogP contribution in [0.3, 0.4) is 0 Å². The number of carbonyl (C=O) groups excluding carboxylic acids is 1. The van der Waals surface area contributed by atoms with Gasteiger partial charge in [0.1, 0.15) is 11.6 Å². The van der Waals surface area contributed by atoms with E-state index in [-0.39, 0.29) is 17.1 Å². The first-order valence-electron chi connectivity index (χ1n) is 9.52. The van der Waals surface area contributed by atoms with E-state index in [0.717, 1.165) is 9.87 Å². The van der Waals surface area contributed by atoms with E-state index in [4.69, 9.17) is 0 Å². The molecule has 0 saturated carbocycles. The SMILES string of the molecule is Cc1ccc(S(=O)(=O)N(CC(=O)Nc2cc(F)ccc2C)Cc2ccc(F)cc2)cc1. The van der Waals surface area contributed by atoms with E-state index in [0.29, 0.717) is 11.1 Å². The third-order valence-electron chi connectivity index (χ3n) is 4.72. The molecule has 0 bridgehead atoms. The predicted octanol–water partition coefficient (Wildman–Crippen LogP) is 4.41. The Balaban J connectivity index is 1.89. The van der Waals surface area contributed by atoms with Gasteiger partial charge in [-0.1, -0.05) is 35.9 Å². The third-order valence-corrected chi connectivity index (χ3v) is 6.53. The zero-order valence-corrected chi connectivity index (χ0v) is 17.9. The predicted molar refractivity (Wildman–Crippen MR) is 115 cm³/mol. The van der Waals surface area contributed by atoms with Crippen LogP contribution in [0.25, 0.3) is 0 Å². The van der Waals surface area contributed by atoms with Crippen LogP contribution < -0.4 is 5.32 Å². The number of benzene rings is 3. The van der Waals surface area contributed by atoms with Crippen molar-refractivity contribution in [2.24, 2.45) is 0 Å². The molecule has 0 fully saturated rings. The Bertz CT molecular complexity index is 1180. The second-order valence-electron chi connectivity index (χ2n) is 7.22. The lowest BCUT2D eigenvalue weighted by atomic mass is 10.2. The van der Waals surface area contributed by atoms with E-state index >= 15 is 0 Å². The van der Waals surface area contributed by atoms with Gasteiger partial charge in [-0.3, -0.25) is 4.79 Å². The van der Waals surface area contributed by atoms with E-state index in [2.05, 4.69) is 5.32 Å². The average Bonchev–Trinajstić information content (AvgIpc) is 2.72. The van der Waals surface area contributed by atoms with Gasteiger partial charge in [-0.2, -0.15) is 4.31 Å². The third kappa shape index (κ3) is 5.74. The molecule has 3 aromatic carbocycles. The highest BCUT2D eigenvalue weighted by molar-refractivity contribution is 7.89. The fourth-order valence-electron chi connectivity index (χ4n) is 2.96. The summed E-state index contributed by atoms with van der Waals surface area (Å²) in [6.07, 6.45) is 0. The maximum absolute atomic E-state index is 13.5. The Morgan fingerprint density at radius 1 is 0.903 bits per heavy atom. The Morgan fingerprint density at radius 3 is 2.16 bits per heavy atom. The van der Waals surface area contributed by atoms with Crippen molar-refractivity contribution in [1.29, 1.82) is 0 Å². The molecule has 8 heteroatoms. The number of nitrogens with one attached hydrogen (secondary N) is 1. The fourth-order valence-corrected chi connectivity index (χ4v) is 4.34. The maximum atomic E-state index is 13.5. The monoisotopic (exact) mass is 444 g/mol. The van der Waals surface area contributed by atoms with Gasteiger partial charge in [0.05, 0.1) is 11.4 Å². The summed E-state index contributed by atoms with van der Waals surface area (Å²) in [5.74, 6) is -1.58. The Kier molecular flexibility index (Phi) is 6.82. The molecule has 3 aromatic rings. The quantitative estimate of drug-likeness (QED) is 0.587. The molecule has 0 radical (unpaired) electrons. The van der Waals surface area contributed by atoms with Gasteiger partial charge in [-0.05, 0) is 61.4 Å². The largest absolute Gasteiger partial charge is 0.325 e. The van der Waals surface area contributed by atoms with E-state index in [1.54, 1.807) is 19.1 Å². The summed E-state index contributed by atoms with van der Waals surface area (Å²) < 4.78 is 54.3. The van der Waals surface area contributed by atoms with Crippen LogP contribution in [0.1, 0.15) is 16.7 Å². The molecule has 5 nitrogen and oxygen atoms in total. The number of rotatable bonds is 7. The normalized spacial score (nSPS) is 11.5. The number of sulfonamides is 1. The molecule has 0 atom stereocenters. The molecular weight excluding hydrogens is 422 g/mol. The van der Waals surface area contributed by atoms with Crippen LogP contribution in [0.5, 0.6) is 0 Å². The number of carbonyl (C=O) groups is 1. The van der Waals surface area contributed by atoms with Crippen LogP contribution >= 0.6 is 0 Å². The highest BCUT2D eigenvalue weighted by Gasteiger charge is 2.27. The van der Waals surface area contributed by atoms with Crippen LogP contribution in [-0.4, -0.2) is 25.2 Å². The smallest absolute Gasteiger partial charge is 0.243 e. The molecular formula is C23H22F2N2O3S. The summed E-state index contributed by atoms with van der Waals surface area (Å²) in [6, 6.07) is 15.6. The fraction of sp³-hybridized carbons (Fsp3) is 0.174. The number of amides is 1. The van der Waals surface area contributed by atoms with E-state index in [9.17, 15) is 22.0 Å². The van der Waals surface area contributed by atoms with Gasteiger partial charge < -0.3 is 5.32 Å². The zero-order chi connectivity index (χ0) is 22.6. The van der Waals surface area contributed by atoms with Gasteiger partial charge in [0.2, 0.25) is 15.9 Å². The van der Waals surface area contributed by atoms with Crippen molar-refractivity contribution in [2.75, 3.05) is 11.9 Å². The van der Waals surface area contributed by atoms with Crippen LogP contribution in [0.15, 0.2) is 71.6 Å². The van der Waals surface area contributed by atoms with Crippen LogP contribution in [0.2, 0.25) is 0 Å². The van der Waals surface area contributed by atoms with E-state index in [1.807, 2.05) is 6.92 Å². The van der Waals surface area contributed by atoms with Crippen molar-refractivity contribution in [2.45, 2.75) is 25.3 Å². The summed E-state index contributed by atoms with van der Waals surface area (Å²) in [4.78, 5) is 12.7. The lowest BCUT2D eigenvalue weighted by Crippen LogP contribution is -2.37. The van der Waals surface area contributed by atoms with Crippen LogP contribution in [0.4, 0.5) is 14.5 Å². The van der Waals surface area contributed by atoms with Gasteiger partial charge in [0.25, 0.3) is 0 Å². The molecule has 0 unspecified atom stereocenters. The zero-order valence-electron chi connectivity index (χ0n) is 17.1. The molecule has 0 aromatic heterocycles. The number of halogens is 2. The van der Waals surface area contributed by atoms with Gasteiger partial charge in [-0.25, -0.2) is 17.2 Å². The highest BCUT2D eigenvalue weighted by atomic mass is 32.2. The van der Waals surface area contributed by atoms with Crippen molar-refractivity contribution >= 4 is 21.6 Å². The molecule has 0 aliphatic carbocycles. The number of hydrogen-bond donors (Lipinski definition) is 1. The van der Waals surface area contributed by atoms with Crippen molar-refractivity contribution in [3.05, 3.63) is 95.1 Å². The molecule has 31 heavy (non-hydrogen) atoms. The molecule has 162 valence electrons. The molecule has 1 N–H and O–H groups in total. The lowest BCUT2D eigenvalue weighted by Gasteiger charge is -2.22. The van der Waals surface area contributed by atoms with E-state index < -0.39 is 34.1 Å². The molecule has 0 saturated heterocycles. The van der Waals surface area contributed by atoms with Gasteiger partial charge >= 0.3 is 0 Å². The maximum Gasteiger partial charge on any atom is 0.243 e. The van der Waals surface area contributed by atoms with Crippen LogP contribution in [-0.2, 0) is 21.4 Å². The number of hydrogen-bond acceptors (Lipinski definition) is 3. The summed E-state index contributed by atoms with van der Waals surface area (Å²) in [5.41, 5.74) is 2.32. The first-order valence-corrected chi connectivity index (χ1v) is 11.0. The minimum absolute atomic E-state index is 0.0370. The lowest BCUT2D eigenvalue weighted by molar-refractivity contribution is -0.116. The average molecular weight is 445 g/mol. The summed E-state index contributed by atoms with van der Waals surface area (Å²) in [5, 5.41) is 2.56. The number of nitrogens with zero attached hydrogens (tertiary/aromatic N) is 1. The van der Waals surface area contributed by atoms with E-state index in [1.165, 1.54) is 54.6 Å². The molecule has 1 amide bonds. The molecule has 0 aliphatic heterocycles. The first-order chi connectivity index (χ1) is 14.6. The minimum Gasteiger partial charge on any atom is -0.325 e. The molecule has 3 rings (SSSR count). The number of aryl methyl sites for hydroxylation is 2. The van der Waals surface area contributed by atoms with Gasteiger partial charge in [-0.15, -0.1) is 0 Å². The Labute approximate surface area is 180 Å². The summed E-state index contributed by atoms with van der Waals surface area (Å²) in [6.45, 7) is 2.91. The van der Waals surface area contributed by atoms with Gasteiger partial charge in [0.15, 0.2) is 0 Å². The first kappa shape index (κ1) is 22.6. The van der Waals surface area contributed by atoms with Crippen molar-refractivity contribution in [3.63, 3.8) is 0 Å². The molecule has 0 aliphatic rings. The number of anilines is 1. The standard InChI is InChI=1S/C23H22F2N2O3S/c1-16-3-11-21(12-4-16)31(29,30)27(14-18-6-9-19(24)10-7-18)15-23(28)26-22-13-20(25)8-5-17(22)2/h3-13H,14-15H2,1-2H3,(H,26,28). The summed E-state index contributed by atoms with van der Waals surface area (Å²) in [7, 11) is -4.03. The Hall–Kier alpha value is -3.10. The highest BCUT2D eigenvalue weighted by Crippen LogP contribution is 2.21. The minimum atomic E-state index is -4.03.